The Labute approximate surface area is 108 Å². The Hall–Kier alpha value is -1.42. The van der Waals surface area contributed by atoms with Crippen molar-refractivity contribution >= 4 is 5.91 Å². The van der Waals surface area contributed by atoms with Gasteiger partial charge in [-0.3, -0.25) is 9.78 Å². The fraction of sp³-hybridized carbons (Fsp3) is 0.571. The molecule has 1 aromatic heterocycles. The Kier molecular flexibility index (Phi) is 4.31. The number of amides is 1. The fourth-order valence-corrected chi connectivity index (χ4v) is 2.40. The number of pyridine rings is 1. The Morgan fingerprint density at radius 2 is 2.28 bits per heavy atom. The Balaban J connectivity index is 1.79. The van der Waals surface area contributed by atoms with Crippen molar-refractivity contribution in [1.82, 2.24) is 9.88 Å². The molecular weight excluding hydrogens is 226 g/mol. The number of carbonyl (C=O) groups excluding carboxylic acids is 1. The zero-order chi connectivity index (χ0) is 13.0. The molecule has 2 atom stereocenters. The van der Waals surface area contributed by atoms with Gasteiger partial charge in [-0.1, -0.05) is 0 Å². The molecular formula is C14H21N3O. The quantitative estimate of drug-likeness (QED) is 0.870. The van der Waals surface area contributed by atoms with Crippen molar-refractivity contribution < 1.29 is 4.79 Å². The molecule has 1 amide bonds. The summed E-state index contributed by atoms with van der Waals surface area (Å²) in [6, 6.07) is 4.10. The molecule has 0 spiro atoms. The van der Waals surface area contributed by atoms with Crippen molar-refractivity contribution in [2.45, 2.75) is 32.2 Å². The normalized spacial score (nSPS) is 21.0. The summed E-state index contributed by atoms with van der Waals surface area (Å²) in [6.45, 7) is 3.71. The lowest BCUT2D eigenvalue weighted by atomic mass is 10.0. The summed E-state index contributed by atoms with van der Waals surface area (Å²) in [5.74, 6) is 0.713. The van der Waals surface area contributed by atoms with Gasteiger partial charge in [-0.15, -0.1) is 0 Å². The second-order valence-corrected chi connectivity index (χ2v) is 5.10. The minimum atomic E-state index is 0.183. The van der Waals surface area contributed by atoms with E-state index in [1.165, 1.54) is 5.56 Å². The van der Waals surface area contributed by atoms with E-state index >= 15 is 0 Å². The third-order valence-electron chi connectivity index (χ3n) is 3.70. The number of hydrogen-bond acceptors (Lipinski definition) is 3. The molecule has 98 valence electrons. The van der Waals surface area contributed by atoms with E-state index < -0.39 is 0 Å². The second-order valence-electron chi connectivity index (χ2n) is 5.10. The summed E-state index contributed by atoms with van der Waals surface area (Å²) in [5.41, 5.74) is 7.05. The maximum Gasteiger partial charge on any atom is 0.222 e. The summed E-state index contributed by atoms with van der Waals surface area (Å²) in [6.07, 6.45) is 5.94. The van der Waals surface area contributed by atoms with Gasteiger partial charge in [0.1, 0.15) is 0 Å². The average molecular weight is 247 g/mol. The van der Waals surface area contributed by atoms with Gasteiger partial charge in [-0.25, -0.2) is 0 Å². The molecule has 1 saturated heterocycles. The van der Waals surface area contributed by atoms with Crippen LogP contribution in [-0.4, -0.2) is 34.9 Å². The SMILES string of the molecule is CC(N)C1CCN(C(=O)CCc2ccncc2)C1. The number of rotatable bonds is 4. The largest absolute Gasteiger partial charge is 0.342 e. The lowest BCUT2D eigenvalue weighted by Gasteiger charge is -2.18. The van der Waals surface area contributed by atoms with Crippen molar-refractivity contribution in [3.63, 3.8) is 0 Å². The predicted octanol–water partition coefficient (Wildman–Crippen LogP) is 1.21. The summed E-state index contributed by atoms with van der Waals surface area (Å²) >= 11 is 0. The van der Waals surface area contributed by atoms with Gasteiger partial charge < -0.3 is 10.6 Å². The first-order valence-corrected chi connectivity index (χ1v) is 6.59. The molecule has 0 saturated carbocycles. The monoisotopic (exact) mass is 247 g/mol. The summed E-state index contributed by atoms with van der Waals surface area (Å²) in [7, 11) is 0. The van der Waals surface area contributed by atoms with Crippen molar-refractivity contribution in [1.29, 1.82) is 0 Å². The van der Waals surface area contributed by atoms with Crippen LogP contribution in [0.2, 0.25) is 0 Å². The molecule has 1 aliphatic heterocycles. The number of hydrogen-bond donors (Lipinski definition) is 1. The first-order chi connectivity index (χ1) is 8.66. The highest BCUT2D eigenvalue weighted by atomic mass is 16.2. The van der Waals surface area contributed by atoms with Crippen molar-refractivity contribution in [2.75, 3.05) is 13.1 Å². The van der Waals surface area contributed by atoms with E-state index in [9.17, 15) is 4.79 Å². The molecule has 0 aliphatic carbocycles. The number of nitrogens with two attached hydrogens (primary N) is 1. The van der Waals surface area contributed by atoms with E-state index in [0.29, 0.717) is 12.3 Å². The van der Waals surface area contributed by atoms with E-state index in [2.05, 4.69) is 4.98 Å². The van der Waals surface area contributed by atoms with E-state index in [0.717, 1.165) is 25.9 Å². The highest BCUT2D eigenvalue weighted by molar-refractivity contribution is 5.76. The minimum absolute atomic E-state index is 0.183. The van der Waals surface area contributed by atoms with Gasteiger partial charge in [0.05, 0.1) is 0 Å². The van der Waals surface area contributed by atoms with Gasteiger partial charge >= 0.3 is 0 Å². The van der Waals surface area contributed by atoms with Gasteiger partial charge in [0, 0.05) is 37.9 Å². The molecule has 4 heteroatoms. The smallest absolute Gasteiger partial charge is 0.222 e. The lowest BCUT2D eigenvalue weighted by Crippen LogP contribution is -2.33. The topological polar surface area (TPSA) is 59.2 Å². The Bertz CT molecular complexity index is 391. The molecule has 2 heterocycles. The van der Waals surface area contributed by atoms with Crippen LogP contribution in [0.4, 0.5) is 0 Å². The molecule has 1 aliphatic rings. The van der Waals surface area contributed by atoms with Crippen LogP contribution < -0.4 is 5.73 Å². The lowest BCUT2D eigenvalue weighted by molar-refractivity contribution is -0.130. The van der Waals surface area contributed by atoms with Crippen LogP contribution in [0.15, 0.2) is 24.5 Å². The van der Waals surface area contributed by atoms with Crippen LogP contribution in [0, 0.1) is 5.92 Å². The van der Waals surface area contributed by atoms with Crippen LogP contribution in [0.1, 0.15) is 25.3 Å². The zero-order valence-electron chi connectivity index (χ0n) is 10.9. The zero-order valence-corrected chi connectivity index (χ0v) is 10.9. The summed E-state index contributed by atoms with van der Waals surface area (Å²) < 4.78 is 0. The molecule has 2 rings (SSSR count). The van der Waals surface area contributed by atoms with Crippen molar-refractivity contribution in [2.24, 2.45) is 11.7 Å². The van der Waals surface area contributed by atoms with Crippen LogP contribution in [0.25, 0.3) is 0 Å². The maximum absolute atomic E-state index is 12.1. The highest BCUT2D eigenvalue weighted by Crippen LogP contribution is 2.19. The number of nitrogens with zero attached hydrogens (tertiary/aromatic N) is 2. The number of aromatic nitrogens is 1. The third kappa shape index (κ3) is 3.29. The summed E-state index contributed by atoms with van der Waals surface area (Å²) in [5, 5.41) is 0. The number of likely N-dealkylation sites (tertiary alicyclic amines) is 1. The minimum Gasteiger partial charge on any atom is -0.342 e. The standard InChI is InChI=1S/C14H21N3O/c1-11(15)13-6-9-17(10-13)14(18)3-2-12-4-7-16-8-5-12/h4-5,7-8,11,13H,2-3,6,9-10,15H2,1H3. The van der Waals surface area contributed by atoms with Crippen LogP contribution in [0.3, 0.4) is 0 Å². The fourth-order valence-electron chi connectivity index (χ4n) is 2.40. The molecule has 2 unspecified atom stereocenters. The first-order valence-electron chi connectivity index (χ1n) is 6.59. The van der Waals surface area contributed by atoms with Crippen molar-refractivity contribution in [3.05, 3.63) is 30.1 Å². The Morgan fingerprint density at radius 3 is 2.89 bits per heavy atom. The molecule has 0 bridgehead atoms. The van der Waals surface area contributed by atoms with E-state index in [1.54, 1.807) is 12.4 Å². The van der Waals surface area contributed by atoms with Crippen LogP contribution in [-0.2, 0) is 11.2 Å². The molecule has 18 heavy (non-hydrogen) atoms. The molecule has 0 aromatic carbocycles. The Morgan fingerprint density at radius 1 is 1.56 bits per heavy atom. The van der Waals surface area contributed by atoms with Gasteiger partial charge in [0.15, 0.2) is 0 Å². The summed E-state index contributed by atoms with van der Waals surface area (Å²) in [4.78, 5) is 18.0. The first kappa shape index (κ1) is 13.0. The van der Waals surface area contributed by atoms with E-state index in [4.69, 9.17) is 5.73 Å². The van der Waals surface area contributed by atoms with E-state index in [-0.39, 0.29) is 11.9 Å². The highest BCUT2D eigenvalue weighted by Gasteiger charge is 2.27. The van der Waals surface area contributed by atoms with Gasteiger partial charge in [-0.2, -0.15) is 0 Å². The maximum atomic E-state index is 12.1. The molecule has 4 nitrogen and oxygen atoms in total. The molecule has 1 aromatic rings. The van der Waals surface area contributed by atoms with Gasteiger partial charge in [-0.05, 0) is 43.4 Å². The molecule has 2 N–H and O–H groups in total. The average Bonchev–Trinajstić information content (AvgIpc) is 2.87. The second kappa shape index (κ2) is 5.96. The van der Waals surface area contributed by atoms with Gasteiger partial charge in [0.25, 0.3) is 0 Å². The predicted molar refractivity (Wildman–Crippen MR) is 70.9 cm³/mol. The van der Waals surface area contributed by atoms with Crippen molar-refractivity contribution in [3.8, 4) is 0 Å². The molecule has 0 radical (unpaired) electrons. The van der Waals surface area contributed by atoms with Crippen LogP contribution in [0.5, 0.6) is 0 Å². The molecule has 1 fully saturated rings. The van der Waals surface area contributed by atoms with Gasteiger partial charge in [0.2, 0.25) is 5.91 Å². The number of carbonyl (C=O) groups is 1. The van der Waals surface area contributed by atoms with Crippen LogP contribution >= 0.6 is 0 Å². The number of aryl methyl sites for hydroxylation is 1. The third-order valence-corrected chi connectivity index (χ3v) is 3.70. The van der Waals surface area contributed by atoms with E-state index in [1.807, 2.05) is 24.0 Å².